The van der Waals surface area contributed by atoms with E-state index in [1.807, 2.05) is 60.7 Å². The molecule has 5 rings (SSSR count). The van der Waals surface area contributed by atoms with Gasteiger partial charge < -0.3 is 29.9 Å². The summed E-state index contributed by atoms with van der Waals surface area (Å²) in [5, 5.41) is 12.5. The van der Waals surface area contributed by atoms with Crippen LogP contribution in [0.15, 0.2) is 115 Å². The summed E-state index contributed by atoms with van der Waals surface area (Å²) in [7, 11) is 0. The van der Waals surface area contributed by atoms with Crippen LogP contribution in [-0.4, -0.2) is 5.11 Å². The standard InChI is InChI=1S/C16H13.C13H12O.2ClH.Ti/c1-12-5-4-8-16(12)15-10-9-13-6-2-3-7-14(13)11-15;14-13(11-7-3-1-4-8-11)12-9-5-2-6-10-12;;;/h2-7,9-10H,8H2,1H3;1-10,13-14H;2*1H;/q-1;;;;+3/p-2. The monoisotopic (exact) mass is 507 g/mol. The van der Waals surface area contributed by atoms with Gasteiger partial charge >= 0.3 is 21.7 Å². The van der Waals surface area contributed by atoms with Crippen LogP contribution in [0, 0.1) is 6.07 Å². The molecule has 1 radical (unpaired) electrons. The molecule has 0 bridgehead atoms. The fourth-order valence-electron chi connectivity index (χ4n) is 3.69. The number of allylic oxidation sites excluding steroid dienone is 4. The summed E-state index contributed by atoms with van der Waals surface area (Å²) in [5.41, 5.74) is 5.87. The van der Waals surface area contributed by atoms with Crippen LogP contribution in [0.3, 0.4) is 0 Å². The van der Waals surface area contributed by atoms with E-state index in [1.165, 1.54) is 27.5 Å². The predicted molar refractivity (Wildman–Crippen MR) is 126 cm³/mol. The van der Waals surface area contributed by atoms with Crippen LogP contribution in [0.4, 0.5) is 0 Å². The van der Waals surface area contributed by atoms with Gasteiger partial charge in [-0.05, 0) is 24.5 Å². The number of fused-ring (bicyclic) bond motifs is 1. The van der Waals surface area contributed by atoms with Crippen LogP contribution in [0.5, 0.6) is 0 Å². The molecule has 1 nitrogen and oxygen atoms in total. The number of hydrogen-bond acceptors (Lipinski definition) is 1. The Balaban J connectivity index is 0.000000305. The van der Waals surface area contributed by atoms with Gasteiger partial charge in [0.15, 0.2) is 0 Å². The van der Waals surface area contributed by atoms with Crippen molar-refractivity contribution in [2.45, 2.75) is 19.4 Å². The van der Waals surface area contributed by atoms with Crippen molar-refractivity contribution in [1.82, 2.24) is 0 Å². The molecule has 0 aromatic heterocycles. The molecule has 0 saturated carbocycles. The first-order valence-electron chi connectivity index (χ1n) is 10.3. The first-order chi connectivity index (χ1) is 14.7. The largest absolute Gasteiger partial charge is 3.00 e. The number of halogens is 2. The van der Waals surface area contributed by atoms with E-state index in [0.29, 0.717) is 0 Å². The van der Waals surface area contributed by atoms with Crippen LogP contribution < -0.4 is 24.8 Å². The second kappa shape index (κ2) is 14.2. The second-order valence-electron chi connectivity index (χ2n) is 7.45. The zero-order chi connectivity index (χ0) is 20.8. The second-order valence-corrected chi connectivity index (χ2v) is 7.45. The SMILES string of the molecule is CC1=C(c2[c-]c3ccccc3cc2)CC=C1.OC(c1ccccc1)c1ccccc1.[Cl-].[Cl-].[Ti+3]. The Kier molecular flexibility index (Phi) is 12.4. The van der Waals surface area contributed by atoms with Crippen molar-refractivity contribution in [3.05, 3.63) is 138 Å². The van der Waals surface area contributed by atoms with Gasteiger partial charge in [0.1, 0.15) is 6.10 Å². The van der Waals surface area contributed by atoms with Gasteiger partial charge in [0, 0.05) is 0 Å². The van der Waals surface area contributed by atoms with E-state index in [-0.39, 0.29) is 46.5 Å². The Labute approximate surface area is 224 Å². The van der Waals surface area contributed by atoms with Crippen LogP contribution in [-0.2, 0) is 21.7 Å². The van der Waals surface area contributed by atoms with Crippen LogP contribution in [0.1, 0.15) is 36.1 Å². The van der Waals surface area contributed by atoms with Crippen LogP contribution in [0.25, 0.3) is 16.3 Å². The third kappa shape index (κ3) is 7.44. The molecule has 0 heterocycles. The van der Waals surface area contributed by atoms with Crippen molar-refractivity contribution in [2.24, 2.45) is 0 Å². The van der Waals surface area contributed by atoms with E-state index < -0.39 is 6.10 Å². The maximum atomic E-state index is 9.99. The van der Waals surface area contributed by atoms with Crippen LogP contribution >= 0.6 is 0 Å². The van der Waals surface area contributed by atoms with E-state index in [4.69, 9.17) is 0 Å². The first-order valence-corrected chi connectivity index (χ1v) is 10.3. The van der Waals surface area contributed by atoms with Gasteiger partial charge in [0.25, 0.3) is 0 Å². The summed E-state index contributed by atoms with van der Waals surface area (Å²) in [6, 6.07) is 35.6. The van der Waals surface area contributed by atoms with Gasteiger partial charge in [-0.15, -0.1) is 35.2 Å². The maximum Gasteiger partial charge on any atom is 3.00 e. The van der Waals surface area contributed by atoms with Crippen molar-refractivity contribution >= 4 is 16.3 Å². The van der Waals surface area contributed by atoms with Crippen molar-refractivity contribution in [2.75, 3.05) is 0 Å². The van der Waals surface area contributed by atoms with E-state index in [2.05, 4.69) is 61.5 Å². The molecular weight excluding hydrogens is 483 g/mol. The smallest absolute Gasteiger partial charge is 1.00 e. The summed E-state index contributed by atoms with van der Waals surface area (Å²) in [6.07, 6.45) is 4.93. The minimum Gasteiger partial charge on any atom is -1.00 e. The van der Waals surface area contributed by atoms with Crippen molar-refractivity contribution in [1.29, 1.82) is 0 Å². The molecular formula is C29H25Cl2OTi. The number of aliphatic hydroxyl groups excluding tert-OH is 1. The third-order valence-corrected chi connectivity index (χ3v) is 5.38. The Morgan fingerprint density at radius 3 is 1.82 bits per heavy atom. The summed E-state index contributed by atoms with van der Waals surface area (Å²) in [5.74, 6) is 0. The van der Waals surface area contributed by atoms with Crippen molar-refractivity contribution in [3.8, 4) is 0 Å². The van der Waals surface area contributed by atoms with Gasteiger partial charge in [-0.25, -0.2) is 0 Å². The third-order valence-electron chi connectivity index (χ3n) is 5.38. The van der Waals surface area contributed by atoms with E-state index >= 15 is 0 Å². The van der Waals surface area contributed by atoms with E-state index in [9.17, 15) is 5.11 Å². The Hall–Kier alpha value is -2.13. The van der Waals surface area contributed by atoms with E-state index in [0.717, 1.165) is 17.5 Å². The average molecular weight is 508 g/mol. The molecule has 4 aromatic carbocycles. The van der Waals surface area contributed by atoms with Gasteiger partial charge in [-0.3, -0.25) is 0 Å². The molecule has 1 aliphatic carbocycles. The zero-order valence-corrected chi connectivity index (χ0v) is 21.5. The molecule has 0 spiro atoms. The molecule has 0 amide bonds. The van der Waals surface area contributed by atoms with Crippen molar-refractivity contribution in [3.63, 3.8) is 0 Å². The van der Waals surface area contributed by atoms with Crippen LogP contribution in [0.2, 0.25) is 0 Å². The van der Waals surface area contributed by atoms with Gasteiger partial charge in [-0.2, -0.15) is 0 Å². The molecule has 0 unspecified atom stereocenters. The fraction of sp³-hybridized carbons (Fsp3) is 0.103. The number of rotatable bonds is 3. The molecule has 165 valence electrons. The van der Waals surface area contributed by atoms with Crippen molar-refractivity contribution < 1.29 is 51.6 Å². The summed E-state index contributed by atoms with van der Waals surface area (Å²) >= 11 is 0. The Morgan fingerprint density at radius 2 is 1.27 bits per heavy atom. The minimum atomic E-state index is -0.516. The average Bonchev–Trinajstić information content (AvgIpc) is 3.25. The van der Waals surface area contributed by atoms with E-state index in [1.54, 1.807) is 0 Å². The quantitative estimate of drug-likeness (QED) is 0.326. The number of aliphatic hydroxyl groups is 1. The Bertz CT molecular complexity index is 1150. The Morgan fingerprint density at radius 1 is 0.727 bits per heavy atom. The molecule has 33 heavy (non-hydrogen) atoms. The molecule has 4 aromatic rings. The van der Waals surface area contributed by atoms with Gasteiger partial charge in [0.05, 0.1) is 0 Å². The fourth-order valence-corrected chi connectivity index (χ4v) is 3.69. The molecule has 0 atom stereocenters. The topological polar surface area (TPSA) is 20.2 Å². The summed E-state index contributed by atoms with van der Waals surface area (Å²) in [6.45, 7) is 2.17. The summed E-state index contributed by atoms with van der Waals surface area (Å²) < 4.78 is 0. The normalized spacial score (nSPS) is 11.7. The molecule has 0 fully saturated rings. The molecule has 0 aliphatic heterocycles. The molecule has 4 heteroatoms. The first kappa shape index (κ1) is 28.9. The molecule has 1 aliphatic rings. The zero-order valence-electron chi connectivity index (χ0n) is 18.4. The summed E-state index contributed by atoms with van der Waals surface area (Å²) in [4.78, 5) is 0. The van der Waals surface area contributed by atoms with Gasteiger partial charge in [0.2, 0.25) is 0 Å². The van der Waals surface area contributed by atoms with Gasteiger partial charge in [-0.1, -0.05) is 108 Å². The predicted octanol–water partition coefficient (Wildman–Crippen LogP) is 1.15. The molecule has 0 saturated heterocycles. The number of benzene rings is 4. The number of hydrogen-bond donors (Lipinski definition) is 1. The maximum absolute atomic E-state index is 9.99. The minimum absolute atomic E-state index is 0. The molecule has 1 N–H and O–H groups in total.